The SMILES string of the molecule is CCC(C)C(NS(=O)(=O)CC(=O)OC)C(=O)O. The molecule has 17 heavy (non-hydrogen) atoms. The number of aliphatic carboxylic acids is 1. The van der Waals surface area contributed by atoms with E-state index < -0.39 is 33.8 Å². The first kappa shape index (κ1) is 15.9. The standard InChI is InChI=1S/C9H17NO6S/c1-4-6(2)8(9(12)13)10-17(14,15)5-7(11)16-3/h6,8,10H,4-5H2,1-3H3,(H,12,13). The highest BCUT2D eigenvalue weighted by molar-refractivity contribution is 7.90. The Morgan fingerprint density at radius 2 is 1.94 bits per heavy atom. The molecule has 0 saturated heterocycles. The summed E-state index contributed by atoms with van der Waals surface area (Å²) in [6, 6.07) is -1.24. The first-order valence-corrected chi connectivity index (χ1v) is 6.68. The van der Waals surface area contributed by atoms with Gasteiger partial charge in [-0.15, -0.1) is 0 Å². The third kappa shape index (κ3) is 5.64. The monoisotopic (exact) mass is 267 g/mol. The van der Waals surface area contributed by atoms with Crippen molar-refractivity contribution in [3.05, 3.63) is 0 Å². The molecule has 0 heterocycles. The van der Waals surface area contributed by atoms with Crippen molar-refractivity contribution in [2.24, 2.45) is 5.92 Å². The van der Waals surface area contributed by atoms with Crippen LogP contribution in [0.3, 0.4) is 0 Å². The molecular formula is C9H17NO6S. The molecule has 0 aliphatic heterocycles. The Bertz CT molecular complexity index is 377. The minimum absolute atomic E-state index is 0.375. The second-order valence-electron chi connectivity index (χ2n) is 3.65. The van der Waals surface area contributed by atoms with Gasteiger partial charge < -0.3 is 9.84 Å². The third-order valence-corrected chi connectivity index (χ3v) is 3.55. The van der Waals surface area contributed by atoms with Crippen LogP contribution in [-0.4, -0.2) is 44.4 Å². The van der Waals surface area contributed by atoms with Crippen LogP contribution in [-0.2, 0) is 24.3 Å². The maximum absolute atomic E-state index is 11.5. The number of carboxylic acid groups (broad SMARTS) is 1. The molecule has 0 aliphatic carbocycles. The number of hydrogen-bond donors (Lipinski definition) is 2. The van der Waals surface area contributed by atoms with Crippen molar-refractivity contribution in [3.8, 4) is 0 Å². The van der Waals surface area contributed by atoms with E-state index in [-0.39, 0.29) is 5.92 Å². The fourth-order valence-corrected chi connectivity index (χ4v) is 2.33. The van der Waals surface area contributed by atoms with Gasteiger partial charge in [0, 0.05) is 0 Å². The first-order valence-electron chi connectivity index (χ1n) is 5.03. The molecule has 0 aliphatic rings. The maximum Gasteiger partial charge on any atom is 0.322 e. The highest BCUT2D eigenvalue weighted by Gasteiger charge is 2.29. The Morgan fingerprint density at radius 3 is 2.29 bits per heavy atom. The zero-order valence-electron chi connectivity index (χ0n) is 9.97. The average Bonchev–Trinajstić information content (AvgIpc) is 2.23. The second kappa shape index (κ2) is 6.55. The van der Waals surface area contributed by atoms with E-state index in [9.17, 15) is 18.0 Å². The van der Waals surface area contributed by atoms with Crippen molar-refractivity contribution >= 4 is 22.0 Å². The molecule has 2 atom stereocenters. The topological polar surface area (TPSA) is 110 Å². The molecule has 0 aromatic carbocycles. The Hall–Kier alpha value is -1.15. The molecule has 8 heteroatoms. The largest absolute Gasteiger partial charge is 0.480 e. The van der Waals surface area contributed by atoms with E-state index in [1.165, 1.54) is 0 Å². The lowest BCUT2D eigenvalue weighted by Crippen LogP contribution is -2.46. The van der Waals surface area contributed by atoms with Crippen molar-refractivity contribution in [1.82, 2.24) is 4.72 Å². The normalized spacial score (nSPS) is 15.0. The van der Waals surface area contributed by atoms with E-state index in [4.69, 9.17) is 5.11 Å². The number of carboxylic acids is 1. The summed E-state index contributed by atoms with van der Waals surface area (Å²) >= 11 is 0. The van der Waals surface area contributed by atoms with E-state index in [1.54, 1.807) is 13.8 Å². The first-order chi connectivity index (χ1) is 7.73. The van der Waals surface area contributed by atoms with E-state index in [1.807, 2.05) is 4.72 Å². The zero-order chi connectivity index (χ0) is 13.6. The summed E-state index contributed by atoms with van der Waals surface area (Å²) in [5.74, 6) is -3.47. The molecule has 0 rings (SSSR count). The van der Waals surface area contributed by atoms with Gasteiger partial charge in [-0.1, -0.05) is 20.3 Å². The minimum Gasteiger partial charge on any atom is -0.480 e. The van der Waals surface area contributed by atoms with Crippen LogP contribution in [0.15, 0.2) is 0 Å². The summed E-state index contributed by atoms with van der Waals surface area (Å²) in [4.78, 5) is 21.7. The lowest BCUT2D eigenvalue weighted by molar-refractivity contribution is -0.140. The molecule has 0 fully saturated rings. The Kier molecular flexibility index (Phi) is 6.11. The van der Waals surface area contributed by atoms with E-state index >= 15 is 0 Å². The number of hydrogen-bond acceptors (Lipinski definition) is 5. The van der Waals surface area contributed by atoms with E-state index in [0.29, 0.717) is 6.42 Å². The molecule has 100 valence electrons. The average molecular weight is 267 g/mol. The van der Waals surface area contributed by atoms with Crippen LogP contribution in [0.5, 0.6) is 0 Å². The van der Waals surface area contributed by atoms with Crippen LogP contribution in [0.25, 0.3) is 0 Å². The molecular weight excluding hydrogens is 250 g/mol. The van der Waals surface area contributed by atoms with Gasteiger partial charge in [-0.2, -0.15) is 0 Å². The minimum atomic E-state index is -4.00. The summed E-state index contributed by atoms with van der Waals surface area (Å²) < 4.78 is 29.1. The van der Waals surface area contributed by atoms with Crippen molar-refractivity contribution in [1.29, 1.82) is 0 Å². The smallest absolute Gasteiger partial charge is 0.322 e. The van der Waals surface area contributed by atoms with Crippen LogP contribution < -0.4 is 4.72 Å². The lowest BCUT2D eigenvalue weighted by Gasteiger charge is -2.19. The number of rotatable bonds is 7. The highest BCUT2D eigenvalue weighted by Crippen LogP contribution is 2.09. The Labute approximate surface area is 100 Å². The maximum atomic E-state index is 11.5. The number of sulfonamides is 1. The van der Waals surface area contributed by atoms with Gasteiger partial charge in [0.25, 0.3) is 0 Å². The van der Waals surface area contributed by atoms with Crippen LogP contribution in [0, 0.1) is 5.92 Å². The van der Waals surface area contributed by atoms with Crippen molar-refractivity contribution in [2.75, 3.05) is 12.9 Å². The predicted molar refractivity (Wildman–Crippen MR) is 59.8 cm³/mol. The van der Waals surface area contributed by atoms with Gasteiger partial charge in [-0.05, 0) is 5.92 Å². The molecule has 0 spiro atoms. The van der Waals surface area contributed by atoms with Crippen LogP contribution in [0.1, 0.15) is 20.3 Å². The van der Waals surface area contributed by atoms with Gasteiger partial charge in [0.05, 0.1) is 7.11 Å². The van der Waals surface area contributed by atoms with E-state index in [0.717, 1.165) is 7.11 Å². The zero-order valence-corrected chi connectivity index (χ0v) is 10.8. The molecule has 0 aromatic rings. The van der Waals surface area contributed by atoms with Crippen LogP contribution in [0.2, 0.25) is 0 Å². The van der Waals surface area contributed by atoms with Gasteiger partial charge >= 0.3 is 11.9 Å². The Balaban J connectivity index is 4.76. The molecule has 7 nitrogen and oxygen atoms in total. The summed E-state index contributed by atoms with van der Waals surface area (Å²) in [5, 5.41) is 8.89. The van der Waals surface area contributed by atoms with Crippen molar-refractivity contribution in [3.63, 3.8) is 0 Å². The number of carbonyl (C=O) groups is 2. The quantitative estimate of drug-likeness (QED) is 0.606. The van der Waals surface area contributed by atoms with Crippen molar-refractivity contribution in [2.45, 2.75) is 26.3 Å². The van der Waals surface area contributed by atoms with Gasteiger partial charge in [0.15, 0.2) is 5.75 Å². The van der Waals surface area contributed by atoms with Gasteiger partial charge in [-0.25, -0.2) is 13.1 Å². The van der Waals surface area contributed by atoms with E-state index in [2.05, 4.69) is 4.74 Å². The highest BCUT2D eigenvalue weighted by atomic mass is 32.2. The second-order valence-corrected chi connectivity index (χ2v) is 5.41. The molecule has 0 amide bonds. The molecule has 0 radical (unpaired) electrons. The fraction of sp³-hybridized carbons (Fsp3) is 0.778. The number of esters is 1. The van der Waals surface area contributed by atoms with Crippen LogP contribution in [0.4, 0.5) is 0 Å². The number of methoxy groups -OCH3 is 1. The molecule has 0 bridgehead atoms. The summed E-state index contributed by atoms with van der Waals surface area (Å²) in [6.07, 6.45) is 0.498. The van der Waals surface area contributed by atoms with Gasteiger partial charge in [-0.3, -0.25) is 9.59 Å². The number of carbonyl (C=O) groups excluding carboxylic acids is 1. The number of nitrogens with one attached hydrogen (secondary N) is 1. The van der Waals surface area contributed by atoms with Gasteiger partial charge in [0.1, 0.15) is 6.04 Å². The summed E-state index contributed by atoms with van der Waals surface area (Å²) in [7, 11) is -2.94. The fourth-order valence-electron chi connectivity index (χ4n) is 1.09. The Morgan fingerprint density at radius 1 is 1.41 bits per heavy atom. The molecule has 2 N–H and O–H groups in total. The van der Waals surface area contributed by atoms with Crippen molar-refractivity contribution < 1.29 is 27.9 Å². The molecule has 0 saturated carbocycles. The summed E-state index contributed by atoms with van der Waals surface area (Å²) in [6.45, 7) is 3.36. The molecule has 2 unspecified atom stereocenters. The lowest BCUT2D eigenvalue weighted by atomic mass is 10.0. The van der Waals surface area contributed by atoms with Gasteiger partial charge in [0.2, 0.25) is 10.0 Å². The third-order valence-electron chi connectivity index (χ3n) is 2.32. The van der Waals surface area contributed by atoms with Crippen LogP contribution >= 0.6 is 0 Å². The summed E-state index contributed by atoms with van der Waals surface area (Å²) in [5.41, 5.74) is 0. The predicted octanol–water partition coefficient (Wildman–Crippen LogP) is -0.422. The number of ether oxygens (including phenoxy) is 1. The molecule has 0 aromatic heterocycles.